The number of hydrogen-bond donors (Lipinski definition) is 2. The van der Waals surface area contributed by atoms with Crippen LogP contribution in [0.25, 0.3) is 6.08 Å². The smallest absolute Gasteiger partial charge is 0.161 e. The van der Waals surface area contributed by atoms with Gasteiger partial charge in [0, 0.05) is 16.6 Å². The van der Waals surface area contributed by atoms with E-state index in [0.29, 0.717) is 16.8 Å². The third-order valence-corrected chi connectivity index (χ3v) is 3.56. The van der Waals surface area contributed by atoms with Crippen LogP contribution in [0.15, 0.2) is 17.8 Å². The van der Waals surface area contributed by atoms with Gasteiger partial charge in [-0.05, 0) is 30.7 Å². The van der Waals surface area contributed by atoms with Crippen LogP contribution in [-0.2, 0) is 5.72 Å². The van der Waals surface area contributed by atoms with Gasteiger partial charge in [-0.15, -0.1) is 0 Å². The maximum Gasteiger partial charge on any atom is 0.161 e. The number of hydrogen-bond acceptors (Lipinski definition) is 4. The van der Waals surface area contributed by atoms with Crippen LogP contribution in [0.1, 0.15) is 18.1 Å². The van der Waals surface area contributed by atoms with Crippen LogP contribution in [0.4, 0.5) is 0 Å². The fourth-order valence-electron chi connectivity index (χ4n) is 2.11. The Kier molecular flexibility index (Phi) is 3.54. The molecule has 98 valence electrons. The molecule has 0 spiro atoms. The lowest BCUT2D eigenvalue weighted by Crippen LogP contribution is -2.41. The number of ether oxygens (including phenoxy) is 2. The van der Waals surface area contributed by atoms with Crippen molar-refractivity contribution < 1.29 is 14.6 Å². The number of benzene rings is 1. The summed E-state index contributed by atoms with van der Waals surface area (Å²) < 4.78 is 10.5. The van der Waals surface area contributed by atoms with Crippen LogP contribution in [0.3, 0.4) is 0 Å². The Bertz CT molecular complexity index is 497. The second kappa shape index (κ2) is 4.82. The summed E-state index contributed by atoms with van der Waals surface area (Å²) in [5.74, 6) is 1.26. The van der Waals surface area contributed by atoms with Gasteiger partial charge in [0.1, 0.15) is 0 Å². The monoisotopic (exact) mass is 313 g/mol. The summed E-state index contributed by atoms with van der Waals surface area (Å²) in [6.45, 7) is 1.72. The Morgan fingerprint density at radius 3 is 2.44 bits per heavy atom. The van der Waals surface area contributed by atoms with Gasteiger partial charge in [0.2, 0.25) is 0 Å². The lowest BCUT2D eigenvalue weighted by molar-refractivity contribution is 0.0291. The zero-order valence-electron chi connectivity index (χ0n) is 10.6. The van der Waals surface area contributed by atoms with E-state index in [-0.39, 0.29) is 0 Å². The number of fused-ring (bicyclic) bond motifs is 1. The van der Waals surface area contributed by atoms with Crippen molar-refractivity contribution in [3.8, 4) is 11.5 Å². The van der Waals surface area contributed by atoms with Crippen LogP contribution in [0, 0.1) is 0 Å². The fraction of sp³-hybridized carbons (Fsp3) is 0.385. The Labute approximate surface area is 115 Å². The molecule has 2 rings (SSSR count). The van der Waals surface area contributed by atoms with Crippen molar-refractivity contribution in [1.82, 2.24) is 5.32 Å². The molecule has 2 N–H and O–H groups in total. The Hall–Kier alpha value is -1.20. The molecule has 0 aromatic heterocycles. The molecule has 0 amide bonds. The van der Waals surface area contributed by atoms with Gasteiger partial charge in [-0.25, -0.2) is 0 Å². The van der Waals surface area contributed by atoms with Crippen molar-refractivity contribution in [3.05, 3.63) is 29.0 Å². The first kappa shape index (κ1) is 13.2. The molecule has 0 unspecified atom stereocenters. The highest BCUT2D eigenvalue weighted by atomic mass is 79.9. The van der Waals surface area contributed by atoms with Gasteiger partial charge < -0.3 is 19.9 Å². The standard InChI is InChI=1S/C13H16BrNO3/c1-13(16)10-6-12(18-3)11(17-2)5-8(10)4-9(7-14)15-13/h4-6,15-16H,7H2,1-3H3/t13-/m0/s1. The molecule has 0 bridgehead atoms. The summed E-state index contributed by atoms with van der Waals surface area (Å²) in [5.41, 5.74) is 1.49. The van der Waals surface area contributed by atoms with Crippen LogP contribution in [0.5, 0.6) is 11.5 Å². The largest absolute Gasteiger partial charge is 0.493 e. The first-order valence-corrected chi connectivity index (χ1v) is 6.67. The van der Waals surface area contributed by atoms with E-state index >= 15 is 0 Å². The van der Waals surface area contributed by atoms with Crippen molar-refractivity contribution in [2.75, 3.05) is 19.5 Å². The lowest BCUT2D eigenvalue weighted by atomic mass is 9.93. The van der Waals surface area contributed by atoms with Gasteiger partial charge >= 0.3 is 0 Å². The highest BCUT2D eigenvalue weighted by molar-refractivity contribution is 9.09. The SMILES string of the molecule is COc1cc2c(cc1OC)[C@](C)(O)NC(CBr)=C2. The minimum absolute atomic E-state index is 0.606. The normalized spacial score (nSPS) is 21.7. The molecular weight excluding hydrogens is 298 g/mol. The van der Waals surface area contributed by atoms with E-state index < -0.39 is 5.72 Å². The molecule has 4 nitrogen and oxygen atoms in total. The van der Waals surface area contributed by atoms with Crippen molar-refractivity contribution in [3.63, 3.8) is 0 Å². The summed E-state index contributed by atoms with van der Waals surface area (Å²) in [6.07, 6.45) is 1.98. The number of aliphatic hydroxyl groups is 1. The van der Waals surface area contributed by atoms with Gasteiger partial charge in [-0.3, -0.25) is 0 Å². The van der Waals surface area contributed by atoms with Crippen LogP contribution < -0.4 is 14.8 Å². The van der Waals surface area contributed by atoms with Crippen LogP contribution in [-0.4, -0.2) is 24.7 Å². The quantitative estimate of drug-likeness (QED) is 0.840. The molecule has 1 aromatic carbocycles. The summed E-state index contributed by atoms with van der Waals surface area (Å²) in [7, 11) is 3.17. The van der Waals surface area contributed by atoms with Gasteiger partial charge in [0.25, 0.3) is 0 Å². The first-order valence-electron chi connectivity index (χ1n) is 5.55. The molecule has 0 radical (unpaired) electrons. The number of allylic oxidation sites excluding steroid dienone is 1. The number of alkyl halides is 1. The lowest BCUT2D eigenvalue weighted by Gasteiger charge is -2.33. The second-order valence-corrected chi connectivity index (χ2v) is 4.86. The van der Waals surface area contributed by atoms with Gasteiger partial charge in [0.05, 0.1) is 14.2 Å². The van der Waals surface area contributed by atoms with Gasteiger partial charge in [0.15, 0.2) is 17.2 Å². The summed E-state index contributed by atoms with van der Waals surface area (Å²) in [6, 6.07) is 3.66. The van der Waals surface area contributed by atoms with Crippen LogP contribution >= 0.6 is 15.9 Å². The summed E-state index contributed by atoms with van der Waals surface area (Å²) in [5, 5.41) is 14.2. The Morgan fingerprint density at radius 2 is 1.89 bits per heavy atom. The van der Waals surface area contributed by atoms with Crippen molar-refractivity contribution in [2.24, 2.45) is 0 Å². The average molecular weight is 314 g/mol. The Morgan fingerprint density at radius 1 is 1.28 bits per heavy atom. The van der Waals surface area contributed by atoms with Crippen molar-refractivity contribution in [2.45, 2.75) is 12.6 Å². The zero-order chi connectivity index (χ0) is 13.3. The average Bonchev–Trinajstić information content (AvgIpc) is 2.36. The number of methoxy groups -OCH3 is 2. The molecule has 1 aromatic rings. The third kappa shape index (κ3) is 2.20. The molecule has 18 heavy (non-hydrogen) atoms. The second-order valence-electron chi connectivity index (χ2n) is 4.29. The fourth-order valence-corrected chi connectivity index (χ4v) is 2.41. The molecule has 0 saturated carbocycles. The van der Waals surface area contributed by atoms with E-state index in [9.17, 15) is 5.11 Å². The molecule has 0 fully saturated rings. The minimum atomic E-state index is -1.12. The highest BCUT2D eigenvalue weighted by Gasteiger charge is 2.31. The molecule has 0 aliphatic carbocycles. The summed E-state index contributed by atoms with van der Waals surface area (Å²) in [4.78, 5) is 0. The van der Waals surface area contributed by atoms with E-state index in [1.54, 1.807) is 27.2 Å². The Balaban J connectivity index is 2.61. The number of halogens is 1. The topological polar surface area (TPSA) is 50.7 Å². The molecule has 0 saturated heterocycles. The molecule has 1 aliphatic heterocycles. The maximum absolute atomic E-state index is 10.4. The number of nitrogens with one attached hydrogen (secondary N) is 1. The zero-order valence-corrected chi connectivity index (χ0v) is 12.2. The van der Waals surface area contributed by atoms with E-state index in [4.69, 9.17) is 9.47 Å². The first-order chi connectivity index (χ1) is 8.51. The molecule has 5 heteroatoms. The molecule has 1 aliphatic rings. The third-order valence-electron chi connectivity index (χ3n) is 2.96. The van der Waals surface area contributed by atoms with Gasteiger partial charge in [-0.1, -0.05) is 15.9 Å². The summed E-state index contributed by atoms with van der Waals surface area (Å²) >= 11 is 3.38. The molecular formula is C13H16BrNO3. The maximum atomic E-state index is 10.4. The number of rotatable bonds is 3. The predicted octanol–water partition coefficient (Wildman–Crippen LogP) is 2.21. The van der Waals surface area contributed by atoms with Crippen molar-refractivity contribution in [1.29, 1.82) is 0 Å². The molecule has 1 heterocycles. The van der Waals surface area contributed by atoms with Crippen molar-refractivity contribution >= 4 is 22.0 Å². The van der Waals surface area contributed by atoms with E-state index in [1.807, 2.05) is 12.1 Å². The van der Waals surface area contributed by atoms with Crippen LogP contribution in [0.2, 0.25) is 0 Å². The minimum Gasteiger partial charge on any atom is -0.493 e. The predicted molar refractivity (Wildman–Crippen MR) is 74.0 cm³/mol. The van der Waals surface area contributed by atoms with Gasteiger partial charge in [-0.2, -0.15) is 0 Å². The van der Waals surface area contributed by atoms with E-state index in [1.165, 1.54) is 0 Å². The van der Waals surface area contributed by atoms with E-state index in [0.717, 1.165) is 16.8 Å². The van der Waals surface area contributed by atoms with E-state index in [2.05, 4.69) is 21.2 Å². The highest BCUT2D eigenvalue weighted by Crippen LogP contribution is 2.38. The molecule has 1 atom stereocenters.